The van der Waals surface area contributed by atoms with Crippen molar-refractivity contribution in [3.8, 4) is 0 Å². The van der Waals surface area contributed by atoms with Gasteiger partial charge in [-0.2, -0.15) is 0 Å². The van der Waals surface area contributed by atoms with E-state index < -0.39 is 5.97 Å². The summed E-state index contributed by atoms with van der Waals surface area (Å²) in [6.07, 6.45) is 9.76. The Labute approximate surface area is 201 Å². The first-order chi connectivity index (χ1) is 15.8. The number of nitrogens with one attached hydrogen (secondary N) is 1. The zero-order valence-electron chi connectivity index (χ0n) is 19.8. The Morgan fingerprint density at radius 1 is 1.24 bits per heavy atom. The molecule has 7 heteroatoms. The molecule has 1 aromatic carbocycles. The van der Waals surface area contributed by atoms with Gasteiger partial charge in [-0.25, -0.2) is 0 Å². The van der Waals surface area contributed by atoms with Gasteiger partial charge in [0.05, 0.1) is 18.1 Å². The SMILES string of the molecule is CN=CC(Cl)=CNCN1CCN2C=C1C(C)C(CC(=O)O)/C(c1ccc(C)cc1)=C/C=C2C. The predicted molar refractivity (Wildman–Crippen MR) is 136 cm³/mol. The van der Waals surface area contributed by atoms with Crippen molar-refractivity contribution in [1.29, 1.82) is 0 Å². The maximum atomic E-state index is 11.9. The number of hydrogen-bond donors (Lipinski definition) is 2. The van der Waals surface area contributed by atoms with Crippen LogP contribution in [0.1, 0.15) is 31.4 Å². The van der Waals surface area contributed by atoms with Gasteiger partial charge in [-0.15, -0.1) is 0 Å². The Hall–Kier alpha value is -2.99. The Morgan fingerprint density at radius 2 is 1.97 bits per heavy atom. The van der Waals surface area contributed by atoms with Gasteiger partial charge < -0.3 is 20.2 Å². The van der Waals surface area contributed by atoms with E-state index in [0.29, 0.717) is 11.7 Å². The molecule has 2 aliphatic rings. The maximum Gasteiger partial charge on any atom is 0.303 e. The molecule has 0 saturated carbocycles. The molecule has 0 radical (unpaired) electrons. The van der Waals surface area contributed by atoms with Crippen LogP contribution in [-0.2, 0) is 4.79 Å². The molecule has 176 valence electrons. The summed E-state index contributed by atoms with van der Waals surface area (Å²) in [5, 5.41) is 13.6. The Kier molecular flexibility index (Phi) is 8.39. The lowest BCUT2D eigenvalue weighted by Gasteiger charge is -2.40. The number of nitrogens with zero attached hydrogens (tertiary/aromatic N) is 3. The molecule has 0 aliphatic carbocycles. The van der Waals surface area contributed by atoms with E-state index in [2.05, 4.69) is 83.5 Å². The highest BCUT2D eigenvalue weighted by Crippen LogP contribution is 2.39. The smallest absolute Gasteiger partial charge is 0.303 e. The van der Waals surface area contributed by atoms with Gasteiger partial charge in [0.2, 0.25) is 0 Å². The monoisotopic (exact) mass is 468 g/mol. The highest BCUT2D eigenvalue weighted by Gasteiger charge is 2.33. The average Bonchev–Trinajstić information content (AvgIpc) is 2.81. The fourth-order valence-electron chi connectivity index (χ4n) is 4.37. The van der Waals surface area contributed by atoms with Crippen LogP contribution in [0.25, 0.3) is 5.57 Å². The van der Waals surface area contributed by atoms with Crippen molar-refractivity contribution in [2.45, 2.75) is 27.2 Å². The largest absolute Gasteiger partial charge is 0.481 e. The fraction of sp³-hybridized carbons (Fsp3) is 0.385. The number of hydrogen-bond acceptors (Lipinski definition) is 5. The average molecular weight is 469 g/mol. The number of halogens is 1. The second-order valence-electron chi connectivity index (χ2n) is 8.58. The third kappa shape index (κ3) is 6.29. The number of aliphatic carboxylic acids is 1. The summed E-state index contributed by atoms with van der Waals surface area (Å²) in [5.74, 6) is -0.974. The van der Waals surface area contributed by atoms with Crippen molar-refractivity contribution < 1.29 is 9.90 Å². The molecular formula is C26H33ClN4O2. The van der Waals surface area contributed by atoms with Gasteiger partial charge >= 0.3 is 5.97 Å². The number of benzene rings is 1. The Balaban J connectivity index is 1.99. The van der Waals surface area contributed by atoms with Crippen molar-refractivity contribution in [3.63, 3.8) is 0 Å². The first kappa shape index (κ1) is 24.6. The van der Waals surface area contributed by atoms with Crippen LogP contribution in [0.2, 0.25) is 0 Å². The van der Waals surface area contributed by atoms with Crippen molar-refractivity contribution >= 4 is 29.4 Å². The summed E-state index contributed by atoms with van der Waals surface area (Å²) in [5.41, 5.74) is 5.54. The summed E-state index contributed by atoms with van der Waals surface area (Å²) in [6.45, 7) is 8.53. The lowest BCUT2D eigenvalue weighted by atomic mass is 9.79. The maximum absolute atomic E-state index is 11.9. The van der Waals surface area contributed by atoms with Crippen LogP contribution in [0.4, 0.5) is 0 Å². The number of fused-ring (bicyclic) bond motifs is 1. The van der Waals surface area contributed by atoms with Gasteiger partial charge in [-0.05, 0) is 31.1 Å². The minimum atomic E-state index is -0.795. The summed E-state index contributed by atoms with van der Waals surface area (Å²) < 4.78 is 0. The fourth-order valence-corrected chi connectivity index (χ4v) is 4.54. The number of allylic oxidation sites excluding steroid dienone is 6. The summed E-state index contributed by atoms with van der Waals surface area (Å²) in [6, 6.07) is 8.34. The first-order valence-electron chi connectivity index (χ1n) is 11.2. The highest BCUT2D eigenvalue weighted by molar-refractivity contribution is 6.39. The van der Waals surface area contributed by atoms with Gasteiger partial charge in [0.25, 0.3) is 0 Å². The molecule has 3 rings (SSSR count). The van der Waals surface area contributed by atoms with E-state index in [0.717, 1.165) is 35.6 Å². The van der Waals surface area contributed by atoms with Crippen LogP contribution < -0.4 is 5.32 Å². The minimum absolute atomic E-state index is 0.00536. The van der Waals surface area contributed by atoms with Gasteiger partial charge in [0.1, 0.15) is 0 Å². The summed E-state index contributed by atoms with van der Waals surface area (Å²) >= 11 is 6.13. The third-order valence-electron chi connectivity index (χ3n) is 6.24. The van der Waals surface area contributed by atoms with Crippen LogP contribution in [0, 0.1) is 18.8 Å². The van der Waals surface area contributed by atoms with Crippen molar-refractivity contribution in [2.75, 3.05) is 26.8 Å². The molecule has 0 fully saturated rings. The number of carboxylic acids is 1. The molecular weight excluding hydrogens is 436 g/mol. The molecule has 0 saturated heterocycles. The van der Waals surface area contributed by atoms with Gasteiger partial charge in [0.15, 0.2) is 0 Å². The van der Waals surface area contributed by atoms with E-state index in [1.165, 1.54) is 5.56 Å². The quantitative estimate of drug-likeness (QED) is 0.562. The van der Waals surface area contributed by atoms with E-state index in [4.69, 9.17) is 11.6 Å². The van der Waals surface area contributed by atoms with Gasteiger partial charge in [-0.3, -0.25) is 9.79 Å². The molecule has 2 heterocycles. The zero-order valence-corrected chi connectivity index (χ0v) is 20.5. The van der Waals surface area contributed by atoms with E-state index in [9.17, 15) is 9.90 Å². The van der Waals surface area contributed by atoms with Gasteiger partial charge in [-0.1, -0.05) is 54.4 Å². The lowest BCUT2D eigenvalue weighted by Crippen LogP contribution is -2.44. The molecule has 2 N–H and O–H groups in total. The Bertz CT molecular complexity index is 1010. The Morgan fingerprint density at radius 3 is 2.64 bits per heavy atom. The normalized spacial score (nSPS) is 23.2. The highest BCUT2D eigenvalue weighted by atomic mass is 35.5. The molecule has 2 bridgehead atoms. The predicted octanol–water partition coefficient (Wildman–Crippen LogP) is 4.81. The van der Waals surface area contributed by atoms with Crippen LogP contribution in [0.3, 0.4) is 0 Å². The van der Waals surface area contributed by atoms with E-state index in [1.807, 2.05) is 0 Å². The van der Waals surface area contributed by atoms with Crippen LogP contribution in [0.5, 0.6) is 0 Å². The number of aryl methyl sites for hydroxylation is 1. The third-order valence-corrected chi connectivity index (χ3v) is 6.45. The lowest BCUT2D eigenvalue weighted by molar-refractivity contribution is -0.137. The van der Waals surface area contributed by atoms with E-state index in [1.54, 1.807) is 19.5 Å². The number of carboxylic acid groups (broad SMARTS) is 1. The van der Waals surface area contributed by atoms with Crippen LogP contribution in [0.15, 0.2) is 70.2 Å². The molecule has 2 unspecified atom stereocenters. The molecule has 33 heavy (non-hydrogen) atoms. The van der Waals surface area contributed by atoms with Crippen LogP contribution in [-0.4, -0.2) is 53.9 Å². The molecule has 0 amide bonds. The zero-order chi connectivity index (χ0) is 24.0. The summed E-state index contributed by atoms with van der Waals surface area (Å²) in [7, 11) is 1.68. The molecule has 0 spiro atoms. The second-order valence-corrected chi connectivity index (χ2v) is 9.02. The van der Waals surface area contributed by atoms with Crippen LogP contribution >= 0.6 is 11.6 Å². The van der Waals surface area contributed by atoms with E-state index in [-0.39, 0.29) is 18.3 Å². The molecule has 6 nitrogen and oxygen atoms in total. The number of rotatable bonds is 7. The van der Waals surface area contributed by atoms with Gasteiger partial charge in [0, 0.05) is 62.0 Å². The minimum Gasteiger partial charge on any atom is -0.481 e. The second kappa shape index (κ2) is 11.2. The molecule has 1 aromatic rings. The molecule has 0 aromatic heterocycles. The topological polar surface area (TPSA) is 68.2 Å². The standard InChI is InChI=1S/C26H33ClN4O2/c1-18-5-8-21(9-6-18)23-10-7-19(2)30-11-12-31(17-29-15-22(27)14-28-4)25(16-30)20(3)24(23)13-26(32)33/h5-10,14-16,20,24,29H,11-13,17H2,1-4H3,(H,32,33)/b19-7?,22-15?,23-10+,28-14?. The first-order valence-corrected chi connectivity index (χ1v) is 11.6. The van der Waals surface area contributed by atoms with Crippen molar-refractivity contribution in [3.05, 3.63) is 76.4 Å². The summed E-state index contributed by atoms with van der Waals surface area (Å²) in [4.78, 5) is 20.4. The van der Waals surface area contributed by atoms with Crippen molar-refractivity contribution in [2.24, 2.45) is 16.8 Å². The van der Waals surface area contributed by atoms with Crippen molar-refractivity contribution in [1.82, 2.24) is 15.1 Å². The number of carbonyl (C=O) groups is 1. The molecule has 2 atom stereocenters. The van der Waals surface area contributed by atoms with E-state index >= 15 is 0 Å². The number of aliphatic imine (C=N–C) groups is 1. The molecule has 2 aliphatic heterocycles.